The number of carbonyl (C=O) groups is 1. The molecule has 1 aliphatic heterocycles. The van der Waals surface area contributed by atoms with Crippen LogP contribution in [0.3, 0.4) is 0 Å². The van der Waals surface area contributed by atoms with Crippen molar-refractivity contribution in [3.05, 3.63) is 41.6 Å². The molecule has 2 aliphatic carbocycles. The molecule has 3 aliphatic rings. The molecule has 0 aromatic carbocycles. The molecule has 2 aromatic heterocycles. The smallest absolute Gasteiger partial charge is 0.275 e. The fraction of sp³-hybridized carbons (Fsp3) is 0.619. The van der Waals surface area contributed by atoms with Crippen LogP contribution in [0, 0.1) is 5.92 Å². The summed E-state index contributed by atoms with van der Waals surface area (Å²) >= 11 is 0. The third-order valence-electron chi connectivity index (χ3n) is 6.20. The van der Waals surface area contributed by atoms with E-state index in [1.165, 1.54) is 6.42 Å². The molecule has 1 saturated heterocycles. The number of aromatic nitrogens is 2. The summed E-state index contributed by atoms with van der Waals surface area (Å²) in [6.07, 6.45) is 7.59. The van der Waals surface area contributed by atoms with Crippen LogP contribution < -0.4 is 5.32 Å². The molecule has 5 rings (SSSR count). The first-order valence-corrected chi connectivity index (χ1v) is 10.3. The number of piperidine rings is 1. The molecule has 0 spiro atoms. The summed E-state index contributed by atoms with van der Waals surface area (Å²) in [5, 5.41) is 8.02. The summed E-state index contributed by atoms with van der Waals surface area (Å²) in [6.45, 7) is 4.80. The number of furan rings is 1. The van der Waals surface area contributed by atoms with E-state index in [-0.39, 0.29) is 5.91 Å². The highest BCUT2D eigenvalue weighted by molar-refractivity contribution is 5.92. The predicted molar refractivity (Wildman–Crippen MR) is 101 cm³/mol. The summed E-state index contributed by atoms with van der Waals surface area (Å²) in [5.74, 6) is 3.29. The fourth-order valence-corrected chi connectivity index (χ4v) is 4.18. The second kappa shape index (κ2) is 6.82. The Kier molecular flexibility index (Phi) is 4.31. The van der Waals surface area contributed by atoms with Gasteiger partial charge in [0.25, 0.3) is 5.91 Å². The molecular formula is C21H28N4O2. The Morgan fingerprint density at radius 2 is 2.19 bits per heavy atom. The third-order valence-corrected chi connectivity index (χ3v) is 6.20. The van der Waals surface area contributed by atoms with Crippen LogP contribution in [-0.2, 0) is 6.54 Å². The van der Waals surface area contributed by atoms with Gasteiger partial charge in [0.05, 0.1) is 12.6 Å². The largest absolute Gasteiger partial charge is 0.464 e. The molecule has 3 fully saturated rings. The van der Waals surface area contributed by atoms with E-state index >= 15 is 0 Å². The van der Waals surface area contributed by atoms with Gasteiger partial charge in [0.15, 0.2) is 0 Å². The standard InChI is InChI=1S/C21H28N4O2/c1-14-11-18(14)20-7-6-17(27-20)13-24(15-4-5-15)21(26)19-8-10-25(23-19)16-3-2-9-22-12-16/h6-8,10,14-16,18,22H,2-5,9,11-13H2,1H3. The first kappa shape index (κ1) is 17.0. The molecule has 0 radical (unpaired) electrons. The van der Waals surface area contributed by atoms with Crippen LogP contribution in [0.15, 0.2) is 28.8 Å². The van der Waals surface area contributed by atoms with Gasteiger partial charge in [0.2, 0.25) is 0 Å². The zero-order chi connectivity index (χ0) is 18.4. The van der Waals surface area contributed by atoms with Gasteiger partial charge in [-0.1, -0.05) is 6.92 Å². The first-order chi connectivity index (χ1) is 13.2. The number of carbonyl (C=O) groups excluding carboxylic acids is 1. The van der Waals surface area contributed by atoms with Crippen molar-refractivity contribution in [2.45, 2.75) is 63.6 Å². The van der Waals surface area contributed by atoms with E-state index in [0.29, 0.717) is 30.2 Å². The second-order valence-corrected chi connectivity index (χ2v) is 8.47. The molecule has 1 amide bonds. The van der Waals surface area contributed by atoms with Crippen molar-refractivity contribution in [2.75, 3.05) is 13.1 Å². The Morgan fingerprint density at radius 3 is 2.89 bits per heavy atom. The quantitative estimate of drug-likeness (QED) is 0.849. The molecule has 2 aromatic rings. The highest BCUT2D eigenvalue weighted by Gasteiger charge is 2.38. The predicted octanol–water partition coefficient (Wildman–Crippen LogP) is 3.33. The van der Waals surface area contributed by atoms with Crippen molar-refractivity contribution in [1.82, 2.24) is 20.0 Å². The lowest BCUT2D eigenvalue weighted by Gasteiger charge is -2.23. The van der Waals surface area contributed by atoms with Crippen LogP contribution in [0.2, 0.25) is 0 Å². The Bertz CT molecular complexity index is 816. The molecule has 144 valence electrons. The monoisotopic (exact) mass is 368 g/mol. The van der Waals surface area contributed by atoms with Crippen LogP contribution in [-0.4, -0.2) is 39.7 Å². The van der Waals surface area contributed by atoms with Crippen molar-refractivity contribution in [2.24, 2.45) is 5.92 Å². The number of nitrogens with one attached hydrogen (secondary N) is 1. The molecule has 0 bridgehead atoms. The van der Waals surface area contributed by atoms with E-state index in [4.69, 9.17) is 4.42 Å². The Labute approximate surface area is 159 Å². The Morgan fingerprint density at radius 1 is 1.33 bits per heavy atom. The number of nitrogens with zero attached hydrogens (tertiary/aromatic N) is 3. The molecule has 1 N–H and O–H groups in total. The van der Waals surface area contributed by atoms with E-state index in [9.17, 15) is 4.79 Å². The van der Waals surface area contributed by atoms with Gasteiger partial charge in [-0.2, -0.15) is 5.10 Å². The molecule has 6 nitrogen and oxygen atoms in total. The summed E-state index contributed by atoms with van der Waals surface area (Å²) in [4.78, 5) is 15.1. The van der Waals surface area contributed by atoms with E-state index < -0.39 is 0 Å². The number of amides is 1. The molecule has 6 heteroatoms. The van der Waals surface area contributed by atoms with E-state index in [2.05, 4.69) is 23.4 Å². The first-order valence-electron chi connectivity index (χ1n) is 10.3. The Hall–Kier alpha value is -2.08. The van der Waals surface area contributed by atoms with Crippen LogP contribution in [0.5, 0.6) is 0 Å². The average molecular weight is 368 g/mol. The maximum atomic E-state index is 13.1. The minimum Gasteiger partial charge on any atom is -0.464 e. The molecule has 3 atom stereocenters. The van der Waals surface area contributed by atoms with Gasteiger partial charge >= 0.3 is 0 Å². The van der Waals surface area contributed by atoms with Gasteiger partial charge in [0.1, 0.15) is 17.2 Å². The minimum absolute atomic E-state index is 0.0257. The van der Waals surface area contributed by atoms with Crippen LogP contribution in [0.1, 0.15) is 73.0 Å². The normalized spacial score (nSPS) is 27.5. The second-order valence-electron chi connectivity index (χ2n) is 8.47. The SMILES string of the molecule is CC1CC1c1ccc(CN(C(=O)c2ccn(C3CCCNC3)n2)C2CC2)o1. The highest BCUT2D eigenvalue weighted by Crippen LogP contribution is 2.47. The van der Waals surface area contributed by atoms with Crippen molar-refractivity contribution in [3.63, 3.8) is 0 Å². The maximum absolute atomic E-state index is 13.1. The van der Waals surface area contributed by atoms with Gasteiger partial charge in [-0.25, -0.2) is 0 Å². The van der Waals surface area contributed by atoms with E-state index in [0.717, 1.165) is 56.2 Å². The summed E-state index contributed by atoms with van der Waals surface area (Å²) in [5.41, 5.74) is 0.551. The summed E-state index contributed by atoms with van der Waals surface area (Å²) in [7, 11) is 0. The lowest BCUT2D eigenvalue weighted by atomic mass is 10.1. The number of hydrogen-bond acceptors (Lipinski definition) is 4. The Balaban J connectivity index is 1.29. The average Bonchev–Trinajstić information content (AvgIpc) is 3.55. The van der Waals surface area contributed by atoms with Crippen molar-refractivity contribution < 1.29 is 9.21 Å². The third kappa shape index (κ3) is 3.55. The van der Waals surface area contributed by atoms with Crippen molar-refractivity contribution >= 4 is 5.91 Å². The van der Waals surface area contributed by atoms with Crippen LogP contribution >= 0.6 is 0 Å². The molecule has 3 unspecified atom stereocenters. The van der Waals surface area contributed by atoms with Crippen LogP contribution in [0.4, 0.5) is 0 Å². The molecule has 27 heavy (non-hydrogen) atoms. The fourth-order valence-electron chi connectivity index (χ4n) is 4.18. The topological polar surface area (TPSA) is 63.3 Å². The van der Waals surface area contributed by atoms with Gasteiger partial charge in [-0.3, -0.25) is 9.48 Å². The van der Waals surface area contributed by atoms with Crippen molar-refractivity contribution in [1.29, 1.82) is 0 Å². The number of rotatable bonds is 6. The van der Waals surface area contributed by atoms with E-state index in [1.807, 2.05) is 27.9 Å². The summed E-state index contributed by atoms with van der Waals surface area (Å²) < 4.78 is 8.01. The highest BCUT2D eigenvalue weighted by atomic mass is 16.3. The van der Waals surface area contributed by atoms with Gasteiger partial charge < -0.3 is 14.6 Å². The molecule has 3 heterocycles. The van der Waals surface area contributed by atoms with Gasteiger partial charge in [-0.15, -0.1) is 0 Å². The van der Waals surface area contributed by atoms with Gasteiger partial charge in [0, 0.05) is 24.7 Å². The summed E-state index contributed by atoms with van der Waals surface area (Å²) in [6, 6.07) is 6.67. The zero-order valence-corrected chi connectivity index (χ0v) is 15.9. The van der Waals surface area contributed by atoms with Gasteiger partial charge in [-0.05, 0) is 62.8 Å². The number of hydrogen-bond donors (Lipinski definition) is 1. The molecule has 2 saturated carbocycles. The van der Waals surface area contributed by atoms with Crippen LogP contribution in [0.25, 0.3) is 0 Å². The lowest BCUT2D eigenvalue weighted by Crippen LogP contribution is -2.34. The zero-order valence-electron chi connectivity index (χ0n) is 15.9. The maximum Gasteiger partial charge on any atom is 0.275 e. The van der Waals surface area contributed by atoms with Crippen molar-refractivity contribution in [3.8, 4) is 0 Å². The minimum atomic E-state index is 0.0257. The molecular weight excluding hydrogens is 340 g/mol. The van der Waals surface area contributed by atoms with E-state index in [1.54, 1.807) is 0 Å². The lowest BCUT2D eigenvalue weighted by molar-refractivity contribution is 0.0709.